The van der Waals surface area contributed by atoms with Gasteiger partial charge in [0.05, 0.1) is 5.69 Å². The van der Waals surface area contributed by atoms with Gasteiger partial charge in [-0.3, -0.25) is 4.79 Å². The van der Waals surface area contributed by atoms with Gasteiger partial charge in [0.1, 0.15) is 24.3 Å². The Labute approximate surface area is 162 Å². The molecule has 1 amide bonds. The van der Waals surface area contributed by atoms with Crippen LogP contribution in [0.4, 0.5) is 11.6 Å². The standard InChI is InChI=1S/C18H21N9O/c28-18(14-4-3-5-15(10-14)27-13-23-24-25-27)20-7-6-19-16-11-17(22-12-21-16)26-8-1-2-9-26/h3-5,10-13H,1-2,6-9H2,(H,20,28)(H,19,21,22). The average Bonchev–Trinajstić information content (AvgIpc) is 3.46. The number of rotatable bonds is 7. The SMILES string of the molecule is O=C(NCCNc1cc(N2CCCC2)ncn1)c1cccc(-n2cnnn2)c1. The van der Waals surface area contributed by atoms with E-state index in [9.17, 15) is 4.79 Å². The van der Waals surface area contributed by atoms with Crippen molar-refractivity contribution in [3.05, 3.63) is 48.5 Å². The van der Waals surface area contributed by atoms with Crippen LogP contribution in [0.15, 0.2) is 43.0 Å². The molecule has 0 bridgehead atoms. The molecule has 144 valence electrons. The molecule has 1 aliphatic heterocycles. The molecule has 10 nitrogen and oxygen atoms in total. The zero-order valence-electron chi connectivity index (χ0n) is 15.3. The summed E-state index contributed by atoms with van der Waals surface area (Å²) >= 11 is 0. The lowest BCUT2D eigenvalue weighted by atomic mass is 10.2. The molecular formula is C18H21N9O. The van der Waals surface area contributed by atoms with Crippen LogP contribution in [-0.2, 0) is 0 Å². The smallest absolute Gasteiger partial charge is 0.251 e. The summed E-state index contributed by atoms with van der Waals surface area (Å²) in [5.74, 6) is 1.54. The molecule has 0 unspecified atom stereocenters. The largest absolute Gasteiger partial charge is 0.368 e. The van der Waals surface area contributed by atoms with Crippen LogP contribution in [0.5, 0.6) is 0 Å². The van der Waals surface area contributed by atoms with Crippen molar-refractivity contribution in [2.24, 2.45) is 0 Å². The van der Waals surface area contributed by atoms with Gasteiger partial charge < -0.3 is 15.5 Å². The van der Waals surface area contributed by atoms with Crippen LogP contribution < -0.4 is 15.5 Å². The van der Waals surface area contributed by atoms with E-state index in [0.717, 1.165) is 30.4 Å². The molecule has 4 rings (SSSR count). The summed E-state index contributed by atoms with van der Waals surface area (Å²) in [6.07, 6.45) is 5.46. The first-order valence-corrected chi connectivity index (χ1v) is 9.22. The van der Waals surface area contributed by atoms with Crippen LogP contribution in [-0.4, -0.2) is 62.3 Å². The summed E-state index contributed by atoms with van der Waals surface area (Å²) in [4.78, 5) is 23.2. The van der Waals surface area contributed by atoms with Crippen molar-refractivity contribution < 1.29 is 4.79 Å². The van der Waals surface area contributed by atoms with E-state index in [-0.39, 0.29) is 5.91 Å². The molecule has 28 heavy (non-hydrogen) atoms. The number of carbonyl (C=O) groups excluding carboxylic acids is 1. The maximum absolute atomic E-state index is 12.4. The molecule has 2 aromatic heterocycles. The van der Waals surface area contributed by atoms with Crippen molar-refractivity contribution >= 4 is 17.5 Å². The average molecular weight is 379 g/mol. The number of amides is 1. The zero-order valence-corrected chi connectivity index (χ0v) is 15.3. The minimum absolute atomic E-state index is 0.155. The highest BCUT2D eigenvalue weighted by atomic mass is 16.1. The lowest BCUT2D eigenvalue weighted by Crippen LogP contribution is -2.29. The van der Waals surface area contributed by atoms with Crippen molar-refractivity contribution in [1.82, 2.24) is 35.5 Å². The number of anilines is 2. The van der Waals surface area contributed by atoms with Crippen LogP contribution in [0.1, 0.15) is 23.2 Å². The van der Waals surface area contributed by atoms with Gasteiger partial charge in [0.15, 0.2) is 0 Å². The number of benzene rings is 1. The van der Waals surface area contributed by atoms with Gasteiger partial charge in [-0.15, -0.1) is 5.10 Å². The Morgan fingerprint density at radius 2 is 2.00 bits per heavy atom. The van der Waals surface area contributed by atoms with Crippen molar-refractivity contribution in [3.63, 3.8) is 0 Å². The van der Waals surface area contributed by atoms with E-state index in [1.54, 1.807) is 24.5 Å². The van der Waals surface area contributed by atoms with E-state index < -0.39 is 0 Å². The van der Waals surface area contributed by atoms with E-state index >= 15 is 0 Å². The Hall–Kier alpha value is -3.56. The highest BCUT2D eigenvalue weighted by molar-refractivity contribution is 5.94. The predicted octanol–water partition coefficient (Wildman–Crippen LogP) is 0.894. The second kappa shape index (κ2) is 8.42. The molecule has 1 fully saturated rings. The molecule has 0 aliphatic carbocycles. The van der Waals surface area contributed by atoms with Gasteiger partial charge in [0.2, 0.25) is 0 Å². The van der Waals surface area contributed by atoms with Crippen molar-refractivity contribution in [2.75, 3.05) is 36.4 Å². The Kier molecular flexibility index (Phi) is 5.36. The molecule has 2 N–H and O–H groups in total. The van der Waals surface area contributed by atoms with E-state index in [1.165, 1.54) is 23.9 Å². The highest BCUT2D eigenvalue weighted by Gasteiger charge is 2.14. The molecule has 1 saturated heterocycles. The quantitative estimate of drug-likeness (QED) is 0.582. The molecule has 3 aromatic rings. The van der Waals surface area contributed by atoms with Crippen LogP contribution in [0, 0.1) is 0 Å². The number of aromatic nitrogens is 6. The maximum atomic E-state index is 12.4. The van der Waals surface area contributed by atoms with E-state index in [2.05, 4.69) is 41.0 Å². The molecule has 0 radical (unpaired) electrons. The van der Waals surface area contributed by atoms with Crippen molar-refractivity contribution in [3.8, 4) is 5.69 Å². The monoisotopic (exact) mass is 379 g/mol. The Bertz CT molecular complexity index is 922. The minimum Gasteiger partial charge on any atom is -0.368 e. The van der Waals surface area contributed by atoms with Gasteiger partial charge in [-0.05, 0) is 41.5 Å². The van der Waals surface area contributed by atoms with Gasteiger partial charge in [-0.2, -0.15) is 0 Å². The van der Waals surface area contributed by atoms with Crippen LogP contribution in [0.3, 0.4) is 0 Å². The lowest BCUT2D eigenvalue weighted by molar-refractivity contribution is 0.0955. The second-order valence-corrected chi connectivity index (χ2v) is 6.44. The minimum atomic E-state index is -0.155. The predicted molar refractivity (Wildman–Crippen MR) is 103 cm³/mol. The molecule has 0 atom stereocenters. The van der Waals surface area contributed by atoms with E-state index in [0.29, 0.717) is 18.7 Å². The fraction of sp³-hybridized carbons (Fsp3) is 0.333. The first-order valence-electron chi connectivity index (χ1n) is 9.22. The number of hydrogen-bond donors (Lipinski definition) is 2. The summed E-state index contributed by atoms with van der Waals surface area (Å²) in [5, 5.41) is 17.2. The summed E-state index contributed by atoms with van der Waals surface area (Å²) in [6.45, 7) is 3.11. The molecule has 1 aliphatic rings. The number of nitrogens with one attached hydrogen (secondary N) is 2. The van der Waals surface area contributed by atoms with Gasteiger partial charge in [-0.1, -0.05) is 6.07 Å². The third-order valence-electron chi connectivity index (χ3n) is 4.52. The fourth-order valence-corrected chi connectivity index (χ4v) is 3.10. The Morgan fingerprint density at radius 1 is 1.11 bits per heavy atom. The molecular weight excluding hydrogens is 358 g/mol. The van der Waals surface area contributed by atoms with Crippen molar-refractivity contribution in [1.29, 1.82) is 0 Å². The first-order chi connectivity index (χ1) is 13.8. The number of tetrazole rings is 1. The highest BCUT2D eigenvalue weighted by Crippen LogP contribution is 2.19. The van der Waals surface area contributed by atoms with Crippen molar-refractivity contribution in [2.45, 2.75) is 12.8 Å². The molecule has 0 spiro atoms. The Morgan fingerprint density at radius 3 is 2.82 bits per heavy atom. The number of nitrogens with zero attached hydrogens (tertiary/aromatic N) is 7. The number of carbonyl (C=O) groups is 1. The normalized spacial score (nSPS) is 13.5. The molecule has 0 saturated carbocycles. The zero-order chi connectivity index (χ0) is 19.2. The number of hydrogen-bond acceptors (Lipinski definition) is 8. The fourth-order valence-electron chi connectivity index (χ4n) is 3.10. The van der Waals surface area contributed by atoms with E-state index in [4.69, 9.17) is 0 Å². The first kappa shape index (κ1) is 17.8. The maximum Gasteiger partial charge on any atom is 0.251 e. The summed E-state index contributed by atoms with van der Waals surface area (Å²) in [5.41, 5.74) is 1.28. The van der Waals surface area contributed by atoms with E-state index in [1.807, 2.05) is 12.1 Å². The lowest BCUT2D eigenvalue weighted by Gasteiger charge is -2.16. The molecule has 3 heterocycles. The third-order valence-corrected chi connectivity index (χ3v) is 4.52. The van der Waals surface area contributed by atoms with Crippen LogP contribution in [0.2, 0.25) is 0 Å². The van der Waals surface area contributed by atoms with Gasteiger partial charge in [0.25, 0.3) is 5.91 Å². The topological polar surface area (TPSA) is 114 Å². The Balaban J connectivity index is 1.28. The summed E-state index contributed by atoms with van der Waals surface area (Å²) in [7, 11) is 0. The summed E-state index contributed by atoms with van der Waals surface area (Å²) < 4.78 is 1.51. The van der Waals surface area contributed by atoms with Gasteiger partial charge >= 0.3 is 0 Å². The van der Waals surface area contributed by atoms with Gasteiger partial charge in [-0.25, -0.2) is 14.6 Å². The van der Waals surface area contributed by atoms with Crippen LogP contribution >= 0.6 is 0 Å². The molecule has 1 aromatic carbocycles. The third kappa shape index (κ3) is 4.22. The summed E-state index contributed by atoms with van der Waals surface area (Å²) in [6, 6.07) is 9.07. The van der Waals surface area contributed by atoms with Crippen LogP contribution in [0.25, 0.3) is 5.69 Å². The molecule has 10 heteroatoms. The second-order valence-electron chi connectivity index (χ2n) is 6.44. The van der Waals surface area contributed by atoms with Gasteiger partial charge in [0, 0.05) is 37.8 Å².